The van der Waals surface area contributed by atoms with E-state index in [-0.39, 0.29) is 4.90 Å². The van der Waals surface area contributed by atoms with E-state index in [1.807, 2.05) is 18.3 Å². The molecule has 3 rings (SSSR count). The number of rotatable bonds is 5. The molecule has 0 atom stereocenters. The van der Waals surface area contributed by atoms with Crippen LogP contribution in [0.3, 0.4) is 0 Å². The lowest BCUT2D eigenvalue weighted by Gasteiger charge is -2.22. The maximum atomic E-state index is 13.1. The second-order valence-corrected chi connectivity index (χ2v) is 8.53. The third-order valence-electron chi connectivity index (χ3n) is 4.42. The fourth-order valence-corrected chi connectivity index (χ4v) is 4.97. The molecule has 0 unspecified atom stereocenters. The molecule has 1 saturated heterocycles. The van der Waals surface area contributed by atoms with Crippen LogP contribution in [0, 0.1) is 0 Å². The quantitative estimate of drug-likeness (QED) is 0.778. The Morgan fingerprint density at radius 3 is 2.77 bits per heavy atom. The predicted molar refractivity (Wildman–Crippen MR) is 101 cm³/mol. The molecule has 140 valence electrons. The zero-order chi connectivity index (χ0) is 18.6. The molecule has 8 heteroatoms. The molecule has 26 heavy (non-hydrogen) atoms. The van der Waals surface area contributed by atoms with Gasteiger partial charge in [-0.2, -0.15) is 4.31 Å². The Hall–Kier alpha value is -1.67. The van der Waals surface area contributed by atoms with Crippen LogP contribution in [0.15, 0.2) is 47.6 Å². The maximum absolute atomic E-state index is 13.1. The first-order valence-electron chi connectivity index (χ1n) is 8.45. The molecular formula is C18H22ClN3O3S. The monoisotopic (exact) mass is 395 g/mol. The van der Waals surface area contributed by atoms with Gasteiger partial charge in [0.25, 0.3) is 0 Å². The number of hydrogen-bond acceptors (Lipinski definition) is 5. The first kappa shape index (κ1) is 19.1. The lowest BCUT2D eigenvalue weighted by atomic mass is 10.2. The minimum absolute atomic E-state index is 0.119. The molecule has 1 aliphatic rings. The second-order valence-electron chi connectivity index (χ2n) is 6.19. The van der Waals surface area contributed by atoms with Crippen molar-refractivity contribution >= 4 is 21.6 Å². The fraction of sp³-hybridized carbons (Fsp3) is 0.389. The Kier molecular flexibility index (Phi) is 6.13. The van der Waals surface area contributed by atoms with Gasteiger partial charge in [-0.05, 0) is 42.8 Å². The van der Waals surface area contributed by atoms with Gasteiger partial charge >= 0.3 is 0 Å². The largest absolute Gasteiger partial charge is 0.495 e. The zero-order valence-corrected chi connectivity index (χ0v) is 16.2. The van der Waals surface area contributed by atoms with Crippen LogP contribution in [0.4, 0.5) is 0 Å². The van der Waals surface area contributed by atoms with Crippen LogP contribution in [-0.4, -0.2) is 55.9 Å². The van der Waals surface area contributed by atoms with E-state index in [2.05, 4.69) is 9.88 Å². The summed E-state index contributed by atoms with van der Waals surface area (Å²) in [4.78, 5) is 6.51. The summed E-state index contributed by atoms with van der Waals surface area (Å²) in [6.07, 6.45) is 4.36. The highest BCUT2D eigenvalue weighted by molar-refractivity contribution is 7.89. The van der Waals surface area contributed by atoms with Gasteiger partial charge in [-0.25, -0.2) is 8.42 Å². The molecule has 1 aromatic heterocycles. The third-order valence-corrected chi connectivity index (χ3v) is 6.57. The summed E-state index contributed by atoms with van der Waals surface area (Å²) in [6, 6.07) is 8.60. The van der Waals surface area contributed by atoms with Crippen molar-refractivity contribution in [2.45, 2.75) is 17.9 Å². The van der Waals surface area contributed by atoms with Crippen LogP contribution < -0.4 is 4.74 Å². The first-order chi connectivity index (χ1) is 12.5. The minimum Gasteiger partial charge on any atom is -0.495 e. The molecule has 0 N–H and O–H groups in total. The van der Waals surface area contributed by atoms with Crippen molar-refractivity contribution < 1.29 is 13.2 Å². The van der Waals surface area contributed by atoms with Gasteiger partial charge in [0, 0.05) is 43.6 Å². The molecule has 0 aliphatic carbocycles. The van der Waals surface area contributed by atoms with E-state index in [4.69, 9.17) is 16.3 Å². The van der Waals surface area contributed by atoms with E-state index in [1.165, 1.54) is 17.5 Å². The van der Waals surface area contributed by atoms with Crippen molar-refractivity contribution in [2.75, 3.05) is 33.3 Å². The zero-order valence-electron chi connectivity index (χ0n) is 14.6. The summed E-state index contributed by atoms with van der Waals surface area (Å²) in [5.74, 6) is 0.311. The molecule has 1 fully saturated rings. The van der Waals surface area contributed by atoms with Crippen LogP contribution in [0.25, 0.3) is 0 Å². The number of sulfonamides is 1. The van der Waals surface area contributed by atoms with Crippen molar-refractivity contribution in [2.24, 2.45) is 0 Å². The third kappa shape index (κ3) is 4.35. The Balaban J connectivity index is 1.75. The predicted octanol–water partition coefficient (Wildman–Crippen LogP) is 2.64. The van der Waals surface area contributed by atoms with Crippen molar-refractivity contribution in [3.05, 3.63) is 53.3 Å². The van der Waals surface area contributed by atoms with Crippen LogP contribution in [0.1, 0.15) is 12.0 Å². The maximum Gasteiger partial charge on any atom is 0.246 e. The summed E-state index contributed by atoms with van der Waals surface area (Å²) < 4.78 is 32.9. The number of methoxy groups -OCH3 is 1. The fourth-order valence-electron chi connectivity index (χ4n) is 3.09. The number of hydrogen-bond donors (Lipinski definition) is 0. The Labute approximate surface area is 159 Å². The number of ether oxygens (including phenoxy) is 1. The van der Waals surface area contributed by atoms with Crippen molar-refractivity contribution in [3.63, 3.8) is 0 Å². The first-order valence-corrected chi connectivity index (χ1v) is 10.3. The number of aromatic nitrogens is 1. The van der Waals surface area contributed by atoms with Gasteiger partial charge in [0.05, 0.1) is 7.11 Å². The van der Waals surface area contributed by atoms with Gasteiger partial charge in [-0.3, -0.25) is 9.88 Å². The van der Waals surface area contributed by atoms with E-state index in [0.29, 0.717) is 30.4 Å². The van der Waals surface area contributed by atoms with E-state index < -0.39 is 10.0 Å². The average Bonchev–Trinajstić information content (AvgIpc) is 2.88. The second kappa shape index (κ2) is 8.35. The summed E-state index contributed by atoms with van der Waals surface area (Å²) >= 11 is 6.01. The van der Waals surface area contributed by atoms with E-state index >= 15 is 0 Å². The Bertz CT molecular complexity index is 846. The minimum atomic E-state index is -3.66. The average molecular weight is 396 g/mol. The van der Waals surface area contributed by atoms with Gasteiger partial charge in [-0.15, -0.1) is 0 Å². The van der Waals surface area contributed by atoms with E-state index in [9.17, 15) is 8.42 Å². The van der Waals surface area contributed by atoms with Crippen molar-refractivity contribution in [1.82, 2.24) is 14.2 Å². The van der Waals surface area contributed by atoms with Crippen molar-refractivity contribution in [1.29, 1.82) is 0 Å². The molecule has 1 aliphatic heterocycles. The smallest absolute Gasteiger partial charge is 0.246 e. The molecule has 0 amide bonds. The molecule has 1 aromatic carbocycles. The highest BCUT2D eigenvalue weighted by atomic mass is 35.5. The van der Waals surface area contributed by atoms with E-state index in [1.54, 1.807) is 18.3 Å². The Morgan fingerprint density at radius 1 is 1.19 bits per heavy atom. The molecule has 2 heterocycles. The molecular weight excluding hydrogens is 374 g/mol. The Morgan fingerprint density at radius 2 is 2.04 bits per heavy atom. The van der Waals surface area contributed by atoms with Crippen LogP contribution >= 0.6 is 11.6 Å². The van der Waals surface area contributed by atoms with Gasteiger partial charge in [0.1, 0.15) is 10.6 Å². The number of nitrogens with zero attached hydrogens (tertiary/aromatic N) is 3. The van der Waals surface area contributed by atoms with Crippen LogP contribution in [0.2, 0.25) is 5.02 Å². The summed E-state index contributed by atoms with van der Waals surface area (Å²) in [5.41, 5.74) is 1.13. The topological polar surface area (TPSA) is 62.7 Å². The molecule has 0 radical (unpaired) electrons. The van der Waals surface area contributed by atoms with Crippen LogP contribution in [0.5, 0.6) is 5.75 Å². The highest BCUT2D eigenvalue weighted by Crippen LogP contribution is 2.30. The van der Waals surface area contributed by atoms with Gasteiger partial charge in [0.15, 0.2) is 0 Å². The summed E-state index contributed by atoms with van der Waals surface area (Å²) in [6.45, 7) is 3.17. The molecule has 0 bridgehead atoms. The molecule has 0 saturated carbocycles. The van der Waals surface area contributed by atoms with Crippen molar-refractivity contribution in [3.8, 4) is 5.75 Å². The number of benzene rings is 1. The molecule has 2 aromatic rings. The molecule has 0 spiro atoms. The number of pyridine rings is 1. The van der Waals surface area contributed by atoms with Gasteiger partial charge in [0.2, 0.25) is 10.0 Å². The van der Waals surface area contributed by atoms with E-state index in [0.717, 1.165) is 25.1 Å². The lowest BCUT2D eigenvalue weighted by Crippen LogP contribution is -2.35. The molecule has 6 nitrogen and oxygen atoms in total. The van der Waals surface area contributed by atoms with Gasteiger partial charge < -0.3 is 4.74 Å². The summed E-state index contributed by atoms with van der Waals surface area (Å²) in [5, 5.41) is 0.373. The van der Waals surface area contributed by atoms with Crippen LogP contribution in [-0.2, 0) is 16.6 Å². The normalized spacial score (nSPS) is 17.0. The van der Waals surface area contributed by atoms with Gasteiger partial charge in [-0.1, -0.05) is 17.7 Å². The lowest BCUT2D eigenvalue weighted by molar-refractivity contribution is 0.278. The summed E-state index contributed by atoms with van der Waals surface area (Å²) in [7, 11) is -2.20. The SMILES string of the molecule is COc1ccc(Cl)cc1S(=O)(=O)N1CCCN(Cc2cccnc2)CC1. The standard InChI is InChI=1S/C18H22ClN3O3S/c1-25-17-6-5-16(19)12-18(17)26(23,24)22-9-3-8-21(10-11-22)14-15-4-2-7-20-13-15/h2,4-7,12-13H,3,8-11,14H2,1H3. The highest BCUT2D eigenvalue weighted by Gasteiger charge is 2.29. The number of halogens is 1.